The molecule has 1 aromatic rings. The Morgan fingerprint density at radius 1 is 1.25 bits per heavy atom. The third kappa shape index (κ3) is 3.93. The first-order chi connectivity index (χ1) is 9.60. The SMILES string of the molecule is CCNCc1cc(F)cc(N2CCC(N(C)C)CC2)c1. The molecular weight excluding hydrogens is 253 g/mol. The van der Waals surface area contributed by atoms with Crippen LogP contribution in [0.1, 0.15) is 25.3 Å². The highest BCUT2D eigenvalue weighted by Gasteiger charge is 2.21. The fourth-order valence-electron chi connectivity index (χ4n) is 2.83. The summed E-state index contributed by atoms with van der Waals surface area (Å²) >= 11 is 0. The van der Waals surface area contributed by atoms with Crippen molar-refractivity contribution in [3.8, 4) is 0 Å². The quantitative estimate of drug-likeness (QED) is 0.893. The normalized spacial score (nSPS) is 16.9. The summed E-state index contributed by atoms with van der Waals surface area (Å²) in [6, 6.07) is 6.05. The largest absolute Gasteiger partial charge is 0.371 e. The molecule has 0 amide bonds. The van der Waals surface area contributed by atoms with Gasteiger partial charge in [0.05, 0.1) is 0 Å². The first-order valence-corrected chi connectivity index (χ1v) is 7.51. The Hall–Kier alpha value is -1.13. The molecule has 112 valence electrons. The van der Waals surface area contributed by atoms with Crippen molar-refractivity contribution in [2.45, 2.75) is 32.4 Å². The molecular formula is C16H26FN3. The summed E-state index contributed by atoms with van der Waals surface area (Å²) < 4.78 is 13.8. The molecule has 1 aliphatic rings. The van der Waals surface area contributed by atoms with E-state index in [1.807, 2.05) is 0 Å². The summed E-state index contributed by atoms with van der Waals surface area (Å²) in [5.41, 5.74) is 2.05. The van der Waals surface area contributed by atoms with E-state index in [1.54, 1.807) is 12.1 Å². The topological polar surface area (TPSA) is 18.5 Å². The molecule has 0 aromatic heterocycles. The Bertz CT molecular complexity index is 426. The molecule has 4 heteroatoms. The van der Waals surface area contributed by atoms with Crippen LogP contribution < -0.4 is 10.2 Å². The standard InChI is InChI=1S/C16H26FN3/c1-4-18-12-13-9-14(17)11-16(10-13)20-7-5-15(6-8-20)19(2)3/h9-11,15,18H,4-8,12H2,1-3H3. The minimum Gasteiger partial charge on any atom is -0.371 e. The number of piperidine rings is 1. The minimum absolute atomic E-state index is 0.134. The monoisotopic (exact) mass is 279 g/mol. The summed E-state index contributed by atoms with van der Waals surface area (Å²) in [5.74, 6) is -0.134. The number of rotatable bonds is 5. The Morgan fingerprint density at radius 3 is 2.55 bits per heavy atom. The van der Waals surface area contributed by atoms with E-state index in [1.165, 1.54) is 0 Å². The van der Waals surface area contributed by atoms with Crippen LogP contribution in [-0.4, -0.2) is 44.7 Å². The molecule has 0 atom stereocenters. The van der Waals surface area contributed by atoms with Crippen LogP contribution >= 0.6 is 0 Å². The van der Waals surface area contributed by atoms with E-state index in [0.717, 1.165) is 50.3 Å². The molecule has 0 bridgehead atoms. The van der Waals surface area contributed by atoms with E-state index in [-0.39, 0.29) is 5.82 Å². The van der Waals surface area contributed by atoms with E-state index in [4.69, 9.17) is 0 Å². The van der Waals surface area contributed by atoms with Crippen LogP contribution in [0.4, 0.5) is 10.1 Å². The van der Waals surface area contributed by atoms with Gasteiger partial charge in [-0.25, -0.2) is 4.39 Å². The summed E-state index contributed by atoms with van der Waals surface area (Å²) in [6.07, 6.45) is 2.29. The van der Waals surface area contributed by atoms with E-state index in [0.29, 0.717) is 6.04 Å². The van der Waals surface area contributed by atoms with Gasteiger partial charge in [0.15, 0.2) is 0 Å². The number of nitrogens with zero attached hydrogens (tertiary/aromatic N) is 2. The van der Waals surface area contributed by atoms with Crippen LogP contribution in [0.5, 0.6) is 0 Å². The van der Waals surface area contributed by atoms with Gasteiger partial charge < -0.3 is 15.1 Å². The van der Waals surface area contributed by atoms with Gasteiger partial charge in [-0.15, -0.1) is 0 Å². The Labute approximate surface area is 121 Å². The second-order valence-electron chi connectivity index (χ2n) is 5.78. The van der Waals surface area contributed by atoms with E-state index in [2.05, 4.69) is 42.2 Å². The number of halogens is 1. The second kappa shape index (κ2) is 7.04. The van der Waals surface area contributed by atoms with E-state index >= 15 is 0 Å². The van der Waals surface area contributed by atoms with Crippen molar-refractivity contribution in [2.75, 3.05) is 38.6 Å². The molecule has 0 saturated carbocycles. The van der Waals surface area contributed by atoms with Gasteiger partial charge in [0.2, 0.25) is 0 Å². The number of hydrogen-bond donors (Lipinski definition) is 1. The smallest absolute Gasteiger partial charge is 0.125 e. The fourth-order valence-corrected chi connectivity index (χ4v) is 2.83. The maximum Gasteiger partial charge on any atom is 0.125 e. The molecule has 20 heavy (non-hydrogen) atoms. The third-order valence-electron chi connectivity index (χ3n) is 4.08. The van der Waals surface area contributed by atoms with Crippen LogP contribution in [0, 0.1) is 5.82 Å². The van der Waals surface area contributed by atoms with Crippen LogP contribution in [0.15, 0.2) is 18.2 Å². The minimum atomic E-state index is -0.134. The number of hydrogen-bond acceptors (Lipinski definition) is 3. The lowest BCUT2D eigenvalue weighted by molar-refractivity contribution is 0.249. The lowest BCUT2D eigenvalue weighted by atomic mass is 10.0. The fraction of sp³-hybridized carbons (Fsp3) is 0.625. The van der Waals surface area contributed by atoms with Gasteiger partial charge in [-0.3, -0.25) is 0 Å². The maximum atomic E-state index is 13.8. The van der Waals surface area contributed by atoms with Crippen molar-refractivity contribution < 1.29 is 4.39 Å². The Balaban J connectivity index is 2.03. The molecule has 1 aromatic carbocycles. The van der Waals surface area contributed by atoms with Gasteiger partial charge in [-0.2, -0.15) is 0 Å². The van der Waals surface area contributed by atoms with Gasteiger partial charge >= 0.3 is 0 Å². The van der Waals surface area contributed by atoms with Crippen LogP contribution in [0.3, 0.4) is 0 Å². The Kier molecular flexibility index (Phi) is 5.38. The molecule has 1 fully saturated rings. The summed E-state index contributed by atoms with van der Waals surface area (Å²) in [5, 5.41) is 3.25. The third-order valence-corrected chi connectivity index (χ3v) is 4.08. The molecule has 0 spiro atoms. The predicted octanol–water partition coefficient (Wildman–Crippen LogP) is 2.47. The van der Waals surface area contributed by atoms with Gasteiger partial charge in [0.1, 0.15) is 5.82 Å². The van der Waals surface area contributed by atoms with E-state index < -0.39 is 0 Å². The average molecular weight is 279 g/mol. The van der Waals surface area contributed by atoms with Crippen molar-refractivity contribution in [3.05, 3.63) is 29.6 Å². The lowest BCUT2D eigenvalue weighted by Crippen LogP contribution is -2.42. The Morgan fingerprint density at radius 2 is 1.95 bits per heavy atom. The molecule has 0 unspecified atom stereocenters. The van der Waals surface area contributed by atoms with Gasteiger partial charge in [-0.05, 0) is 57.2 Å². The summed E-state index contributed by atoms with van der Waals surface area (Å²) in [6.45, 7) is 5.71. The number of nitrogens with one attached hydrogen (secondary N) is 1. The van der Waals surface area contributed by atoms with Gasteiger partial charge in [0.25, 0.3) is 0 Å². The highest BCUT2D eigenvalue weighted by atomic mass is 19.1. The molecule has 1 N–H and O–H groups in total. The van der Waals surface area contributed by atoms with Crippen molar-refractivity contribution >= 4 is 5.69 Å². The molecule has 0 aliphatic carbocycles. The van der Waals surface area contributed by atoms with Crippen LogP contribution in [0.25, 0.3) is 0 Å². The lowest BCUT2D eigenvalue weighted by Gasteiger charge is -2.36. The average Bonchev–Trinajstić information content (AvgIpc) is 2.44. The zero-order valence-corrected chi connectivity index (χ0v) is 12.8. The number of anilines is 1. The van der Waals surface area contributed by atoms with Gasteiger partial charge in [-0.1, -0.05) is 6.92 Å². The number of benzene rings is 1. The highest BCUT2D eigenvalue weighted by Crippen LogP contribution is 2.24. The second-order valence-corrected chi connectivity index (χ2v) is 5.78. The molecule has 0 radical (unpaired) electrons. The predicted molar refractivity (Wildman–Crippen MR) is 82.7 cm³/mol. The maximum absolute atomic E-state index is 13.8. The zero-order valence-electron chi connectivity index (χ0n) is 12.8. The molecule has 1 aliphatic heterocycles. The molecule has 1 saturated heterocycles. The summed E-state index contributed by atoms with van der Waals surface area (Å²) in [7, 11) is 4.27. The molecule has 1 heterocycles. The van der Waals surface area contributed by atoms with E-state index in [9.17, 15) is 4.39 Å². The summed E-state index contributed by atoms with van der Waals surface area (Å²) in [4.78, 5) is 4.60. The van der Waals surface area contributed by atoms with Crippen molar-refractivity contribution in [1.29, 1.82) is 0 Å². The zero-order chi connectivity index (χ0) is 14.5. The van der Waals surface area contributed by atoms with Crippen molar-refractivity contribution in [2.24, 2.45) is 0 Å². The molecule has 2 rings (SSSR count). The first-order valence-electron chi connectivity index (χ1n) is 7.51. The van der Waals surface area contributed by atoms with Crippen molar-refractivity contribution in [3.63, 3.8) is 0 Å². The van der Waals surface area contributed by atoms with Gasteiger partial charge in [0, 0.05) is 31.4 Å². The van der Waals surface area contributed by atoms with Crippen molar-refractivity contribution in [1.82, 2.24) is 10.2 Å². The van der Waals surface area contributed by atoms with Crippen LogP contribution in [-0.2, 0) is 6.54 Å². The molecule has 3 nitrogen and oxygen atoms in total. The first kappa shape index (κ1) is 15.3. The highest BCUT2D eigenvalue weighted by molar-refractivity contribution is 5.49. The van der Waals surface area contributed by atoms with Crippen LogP contribution in [0.2, 0.25) is 0 Å².